The molecule has 0 radical (unpaired) electrons. The highest BCUT2D eigenvalue weighted by Crippen LogP contribution is 2.26. The van der Waals surface area contributed by atoms with E-state index in [2.05, 4.69) is 38.7 Å². The number of hydrogen-bond donors (Lipinski definition) is 1. The molecule has 0 bridgehead atoms. The second-order valence-corrected chi connectivity index (χ2v) is 6.73. The summed E-state index contributed by atoms with van der Waals surface area (Å²) in [6, 6.07) is 3.78. The molecular formula is C20H27N5O. The van der Waals surface area contributed by atoms with Gasteiger partial charge in [0.25, 0.3) is 0 Å². The van der Waals surface area contributed by atoms with Gasteiger partial charge in [-0.15, -0.1) is 0 Å². The summed E-state index contributed by atoms with van der Waals surface area (Å²) in [6.07, 6.45) is 4.67. The molecule has 2 aromatic rings. The lowest BCUT2D eigenvalue weighted by Gasteiger charge is -2.32. The molecule has 2 N–H and O–H groups in total. The highest BCUT2D eigenvalue weighted by atomic mass is 16.5. The zero-order valence-corrected chi connectivity index (χ0v) is 15.7. The van der Waals surface area contributed by atoms with E-state index in [9.17, 15) is 0 Å². The maximum absolute atomic E-state index is 5.90. The molecule has 0 amide bonds. The first-order valence-electron chi connectivity index (χ1n) is 9.15. The van der Waals surface area contributed by atoms with Gasteiger partial charge in [0.05, 0.1) is 18.2 Å². The van der Waals surface area contributed by atoms with Crippen LogP contribution in [-0.2, 0) is 0 Å². The molecule has 0 aliphatic carbocycles. The molecule has 2 heterocycles. The smallest absolute Gasteiger partial charge is 0.135 e. The summed E-state index contributed by atoms with van der Waals surface area (Å²) in [6.45, 7) is 5.89. The fourth-order valence-corrected chi connectivity index (χ4v) is 3.15. The fourth-order valence-electron chi connectivity index (χ4n) is 3.15. The van der Waals surface area contributed by atoms with E-state index in [0.717, 1.165) is 29.3 Å². The number of unbranched alkanes of at least 4 members (excludes halogenated alkanes) is 2. The van der Waals surface area contributed by atoms with Crippen LogP contribution in [0.25, 0.3) is 10.9 Å². The van der Waals surface area contributed by atoms with Crippen LogP contribution in [0.1, 0.15) is 24.8 Å². The molecule has 1 aliphatic heterocycles. The number of benzene rings is 1. The number of nitrogens with two attached hydrogens (primary N) is 1. The molecule has 6 nitrogen and oxygen atoms in total. The van der Waals surface area contributed by atoms with Crippen molar-refractivity contribution < 1.29 is 4.74 Å². The number of fused-ring (bicyclic) bond motifs is 1. The number of piperazine rings is 1. The predicted molar refractivity (Wildman–Crippen MR) is 105 cm³/mol. The average molecular weight is 353 g/mol. The number of nitrogens with zero attached hydrogens (tertiary/aromatic N) is 4. The van der Waals surface area contributed by atoms with Gasteiger partial charge < -0.3 is 20.3 Å². The Morgan fingerprint density at radius 3 is 2.73 bits per heavy atom. The van der Waals surface area contributed by atoms with Crippen molar-refractivity contribution in [1.29, 1.82) is 0 Å². The van der Waals surface area contributed by atoms with Crippen molar-refractivity contribution in [2.75, 3.05) is 52.6 Å². The van der Waals surface area contributed by atoms with Crippen LogP contribution in [0.5, 0.6) is 5.75 Å². The Bertz CT molecular complexity index is 803. The van der Waals surface area contributed by atoms with E-state index in [0.29, 0.717) is 11.6 Å². The van der Waals surface area contributed by atoms with E-state index in [1.807, 2.05) is 12.1 Å². The Kier molecular flexibility index (Phi) is 6.26. The van der Waals surface area contributed by atoms with Crippen LogP contribution in [-0.4, -0.2) is 66.6 Å². The number of methoxy groups -OCH3 is 1. The summed E-state index contributed by atoms with van der Waals surface area (Å²) < 4.78 is 5.45. The minimum Gasteiger partial charge on any atom is -0.495 e. The van der Waals surface area contributed by atoms with Crippen molar-refractivity contribution in [3.05, 3.63) is 24.0 Å². The monoisotopic (exact) mass is 353 g/mol. The summed E-state index contributed by atoms with van der Waals surface area (Å²) in [5, 5.41) is 0.794. The predicted octanol–water partition coefficient (Wildman–Crippen LogP) is 1.99. The molecular weight excluding hydrogens is 326 g/mol. The van der Waals surface area contributed by atoms with E-state index >= 15 is 0 Å². The molecule has 0 atom stereocenters. The second kappa shape index (κ2) is 8.84. The van der Waals surface area contributed by atoms with Crippen molar-refractivity contribution >= 4 is 16.7 Å². The number of rotatable bonds is 5. The van der Waals surface area contributed by atoms with Gasteiger partial charge in [0.15, 0.2) is 0 Å². The van der Waals surface area contributed by atoms with Gasteiger partial charge in [0, 0.05) is 38.0 Å². The van der Waals surface area contributed by atoms with Crippen molar-refractivity contribution in [1.82, 2.24) is 19.8 Å². The molecule has 0 spiro atoms. The van der Waals surface area contributed by atoms with E-state index in [4.69, 9.17) is 10.5 Å². The quantitative estimate of drug-likeness (QED) is 0.655. The van der Waals surface area contributed by atoms with Gasteiger partial charge in [-0.05, 0) is 38.6 Å². The average Bonchev–Trinajstić information content (AvgIpc) is 2.65. The van der Waals surface area contributed by atoms with Crippen molar-refractivity contribution in [2.24, 2.45) is 0 Å². The van der Waals surface area contributed by atoms with Crippen LogP contribution in [0.2, 0.25) is 0 Å². The van der Waals surface area contributed by atoms with E-state index in [1.165, 1.54) is 45.5 Å². The Morgan fingerprint density at radius 1 is 1.15 bits per heavy atom. The van der Waals surface area contributed by atoms with Gasteiger partial charge in [-0.1, -0.05) is 11.8 Å². The fraction of sp³-hybridized carbons (Fsp3) is 0.500. The summed E-state index contributed by atoms with van der Waals surface area (Å²) >= 11 is 0. The van der Waals surface area contributed by atoms with Gasteiger partial charge >= 0.3 is 0 Å². The van der Waals surface area contributed by atoms with Gasteiger partial charge in [-0.3, -0.25) is 0 Å². The van der Waals surface area contributed by atoms with Crippen LogP contribution in [0.15, 0.2) is 18.5 Å². The molecule has 1 saturated heterocycles. The third-order valence-electron chi connectivity index (χ3n) is 4.83. The van der Waals surface area contributed by atoms with E-state index in [-0.39, 0.29) is 0 Å². The Labute approximate surface area is 155 Å². The van der Waals surface area contributed by atoms with Crippen molar-refractivity contribution in [3.63, 3.8) is 0 Å². The molecule has 1 fully saturated rings. The second-order valence-electron chi connectivity index (χ2n) is 6.73. The highest BCUT2D eigenvalue weighted by molar-refractivity contribution is 5.90. The minimum absolute atomic E-state index is 0.455. The third-order valence-corrected chi connectivity index (χ3v) is 4.83. The molecule has 0 unspecified atom stereocenters. The van der Waals surface area contributed by atoms with Crippen molar-refractivity contribution in [3.8, 4) is 17.6 Å². The number of likely N-dealkylation sites (N-methyl/N-ethyl adjacent to an activating group) is 1. The van der Waals surface area contributed by atoms with Gasteiger partial charge in [-0.2, -0.15) is 0 Å². The summed E-state index contributed by atoms with van der Waals surface area (Å²) in [7, 11) is 3.83. The number of anilines is 1. The van der Waals surface area contributed by atoms with Crippen molar-refractivity contribution in [2.45, 2.75) is 19.3 Å². The number of hydrogen-bond acceptors (Lipinski definition) is 6. The molecule has 138 valence electrons. The van der Waals surface area contributed by atoms with Crippen LogP contribution in [0, 0.1) is 11.8 Å². The lowest BCUT2D eigenvalue weighted by Crippen LogP contribution is -2.44. The molecule has 26 heavy (non-hydrogen) atoms. The van der Waals surface area contributed by atoms with E-state index < -0.39 is 0 Å². The first-order chi connectivity index (χ1) is 12.7. The normalized spacial score (nSPS) is 15.6. The lowest BCUT2D eigenvalue weighted by atomic mass is 10.1. The first-order valence-corrected chi connectivity index (χ1v) is 9.15. The van der Waals surface area contributed by atoms with Gasteiger partial charge in [0.1, 0.15) is 17.9 Å². The Morgan fingerprint density at radius 2 is 1.96 bits per heavy atom. The van der Waals surface area contributed by atoms with Crippen LogP contribution >= 0.6 is 0 Å². The van der Waals surface area contributed by atoms with Crippen LogP contribution in [0.3, 0.4) is 0 Å². The van der Waals surface area contributed by atoms with E-state index in [1.54, 1.807) is 7.11 Å². The maximum atomic E-state index is 5.90. The SMILES string of the molecule is COc1cc2c(N)ncnc2cc1C#CCCCCN1CCN(C)CC1. The molecule has 0 saturated carbocycles. The lowest BCUT2D eigenvalue weighted by molar-refractivity contribution is 0.152. The number of aromatic nitrogens is 2. The summed E-state index contributed by atoms with van der Waals surface area (Å²) in [5.41, 5.74) is 7.54. The van der Waals surface area contributed by atoms with Gasteiger partial charge in [-0.25, -0.2) is 9.97 Å². The zero-order chi connectivity index (χ0) is 18.4. The zero-order valence-electron chi connectivity index (χ0n) is 15.7. The topological polar surface area (TPSA) is 67.5 Å². The maximum Gasteiger partial charge on any atom is 0.135 e. The molecule has 1 aromatic heterocycles. The Balaban J connectivity index is 1.54. The largest absolute Gasteiger partial charge is 0.495 e. The third kappa shape index (κ3) is 4.63. The highest BCUT2D eigenvalue weighted by Gasteiger charge is 2.12. The minimum atomic E-state index is 0.455. The molecule has 1 aromatic carbocycles. The molecule has 3 rings (SSSR count). The number of nitrogen functional groups attached to an aromatic ring is 1. The molecule has 1 aliphatic rings. The van der Waals surface area contributed by atoms with Gasteiger partial charge in [0.2, 0.25) is 0 Å². The summed E-state index contributed by atoms with van der Waals surface area (Å²) in [5.74, 6) is 7.66. The van der Waals surface area contributed by atoms with Crippen LogP contribution < -0.4 is 10.5 Å². The van der Waals surface area contributed by atoms with Crippen LogP contribution in [0.4, 0.5) is 5.82 Å². The Hall–Kier alpha value is -2.36. The molecule has 6 heteroatoms. The number of ether oxygens (including phenoxy) is 1. The first kappa shape index (κ1) is 18.4. The summed E-state index contributed by atoms with van der Waals surface area (Å²) in [4.78, 5) is 13.2. The standard InChI is InChI=1S/C20H27N5O/c1-24-9-11-25(12-10-24)8-6-4-3-5-7-16-13-18-17(14-19(16)26-2)20(21)23-15-22-18/h13-15H,3-4,6,8-12H2,1-2H3,(H2,21,22,23).